The maximum Gasteiger partial charge on any atom is 0.243 e. The number of carbonyl (C=O) groups excluding carboxylic acids is 1. The fourth-order valence-corrected chi connectivity index (χ4v) is 3.08. The van der Waals surface area contributed by atoms with Gasteiger partial charge in [0.05, 0.1) is 12.2 Å². The Kier molecular flexibility index (Phi) is 3.97. The number of nitrogens with one attached hydrogen (secondary N) is 1. The largest absolute Gasteiger partial charge is 0.348 e. The number of carbonyl (C=O) groups is 1. The molecule has 0 bridgehead atoms. The second-order valence-electron chi connectivity index (χ2n) is 5.40. The number of nitrogens with zero attached hydrogens (tertiary/aromatic N) is 2. The number of hydrogen-bond acceptors (Lipinski definition) is 2. The molecule has 3 rings (SSSR count). The van der Waals surface area contributed by atoms with Gasteiger partial charge in [-0.1, -0.05) is 30.3 Å². The molecule has 1 aliphatic rings. The lowest BCUT2D eigenvalue weighted by Crippen LogP contribution is -2.33. The Hall–Kier alpha value is -1.81. The molecule has 2 unspecified atom stereocenters. The van der Waals surface area contributed by atoms with Crippen LogP contribution in [0.25, 0.3) is 0 Å². The SMILES string of the molecule is Cn1ncc2c1CCCC2NC(=O)C(Cl)c1ccccc1. The van der Waals surface area contributed by atoms with Crippen LogP contribution in [0.1, 0.15) is 41.1 Å². The fraction of sp³-hybridized carbons (Fsp3) is 0.375. The summed E-state index contributed by atoms with van der Waals surface area (Å²) in [7, 11) is 1.94. The molecule has 0 saturated heterocycles. The monoisotopic (exact) mass is 303 g/mol. The average Bonchev–Trinajstić information content (AvgIpc) is 2.90. The average molecular weight is 304 g/mol. The second kappa shape index (κ2) is 5.90. The van der Waals surface area contributed by atoms with Crippen LogP contribution in [0.2, 0.25) is 0 Å². The molecule has 1 amide bonds. The third-order valence-electron chi connectivity index (χ3n) is 4.01. The van der Waals surface area contributed by atoms with Gasteiger partial charge in [-0.2, -0.15) is 5.10 Å². The first-order valence-corrected chi connectivity index (χ1v) is 7.60. The van der Waals surface area contributed by atoms with E-state index in [0.717, 1.165) is 30.4 Å². The number of amides is 1. The van der Waals surface area contributed by atoms with Crippen molar-refractivity contribution in [2.45, 2.75) is 30.7 Å². The molecule has 4 nitrogen and oxygen atoms in total. The second-order valence-corrected chi connectivity index (χ2v) is 5.83. The van der Waals surface area contributed by atoms with Gasteiger partial charge in [0.1, 0.15) is 5.38 Å². The highest BCUT2D eigenvalue weighted by Crippen LogP contribution is 2.30. The van der Waals surface area contributed by atoms with Crippen molar-refractivity contribution in [3.05, 3.63) is 53.3 Å². The molecule has 1 aromatic carbocycles. The molecule has 0 saturated carbocycles. The van der Waals surface area contributed by atoms with Gasteiger partial charge in [0.25, 0.3) is 0 Å². The molecular weight excluding hydrogens is 286 g/mol. The molecule has 0 aliphatic heterocycles. The third kappa shape index (κ3) is 2.81. The van der Waals surface area contributed by atoms with Gasteiger partial charge < -0.3 is 5.32 Å². The lowest BCUT2D eigenvalue weighted by atomic mass is 9.93. The summed E-state index contributed by atoms with van der Waals surface area (Å²) < 4.78 is 1.89. The van der Waals surface area contributed by atoms with Crippen molar-refractivity contribution >= 4 is 17.5 Å². The molecular formula is C16H18ClN3O. The molecule has 1 aromatic heterocycles. The maximum atomic E-state index is 12.4. The van der Waals surface area contributed by atoms with Crippen LogP contribution in [-0.4, -0.2) is 15.7 Å². The molecule has 1 aliphatic carbocycles. The minimum Gasteiger partial charge on any atom is -0.348 e. The number of aryl methyl sites for hydroxylation is 1. The Morgan fingerprint density at radius 1 is 1.43 bits per heavy atom. The highest BCUT2D eigenvalue weighted by atomic mass is 35.5. The van der Waals surface area contributed by atoms with E-state index < -0.39 is 5.38 Å². The van der Waals surface area contributed by atoms with E-state index in [1.165, 1.54) is 5.69 Å². The van der Waals surface area contributed by atoms with Crippen molar-refractivity contribution in [3.8, 4) is 0 Å². The van der Waals surface area contributed by atoms with E-state index in [1.807, 2.05) is 48.3 Å². The minimum absolute atomic E-state index is 0.0138. The van der Waals surface area contributed by atoms with Crippen molar-refractivity contribution in [2.75, 3.05) is 0 Å². The molecule has 0 spiro atoms. The summed E-state index contributed by atoms with van der Waals surface area (Å²) in [5.41, 5.74) is 3.14. The molecule has 2 aromatic rings. The standard InChI is InChI=1S/C16H18ClN3O/c1-20-14-9-5-8-13(12(14)10-18-20)19-16(21)15(17)11-6-3-2-4-7-11/h2-4,6-7,10,13,15H,5,8-9H2,1H3,(H,19,21). The number of hydrogen-bond donors (Lipinski definition) is 1. The van der Waals surface area contributed by atoms with Gasteiger partial charge in [-0.05, 0) is 24.8 Å². The quantitative estimate of drug-likeness (QED) is 0.886. The summed E-state index contributed by atoms with van der Waals surface area (Å²) in [6, 6.07) is 9.44. The van der Waals surface area contributed by atoms with Crippen LogP contribution in [0.5, 0.6) is 0 Å². The fourth-order valence-electron chi connectivity index (χ4n) is 2.87. The van der Waals surface area contributed by atoms with Crippen LogP contribution in [0.4, 0.5) is 0 Å². The Morgan fingerprint density at radius 2 is 2.19 bits per heavy atom. The Morgan fingerprint density at radius 3 is 2.95 bits per heavy atom. The molecule has 21 heavy (non-hydrogen) atoms. The van der Waals surface area contributed by atoms with Gasteiger partial charge in [-0.25, -0.2) is 0 Å². The summed E-state index contributed by atoms with van der Waals surface area (Å²) >= 11 is 6.28. The van der Waals surface area contributed by atoms with E-state index in [0.29, 0.717) is 0 Å². The van der Waals surface area contributed by atoms with Gasteiger partial charge in [-0.3, -0.25) is 9.48 Å². The van der Waals surface area contributed by atoms with Crippen molar-refractivity contribution in [1.82, 2.24) is 15.1 Å². The van der Waals surface area contributed by atoms with E-state index >= 15 is 0 Å². The van der Waals surface area contributed by atoms with Gasteiger partial charge in [0.15, 0.2) is 0 Å². The Bertz CT molecular complexity index is 638. The summed E-state index contributed by atoms with van der Waals surface area (Å²) in [5, 5.41) is 6.69. The molecule has 110 valence electrons. The molecule has 0 fully saturated rings. The normalized spacial score (nSPS) is 18.9. The van der Waals surface area contributed by atoms with E-state index in [-0.39, 0.29) is 11.9 Å². The van der Waals surface area contributed by atoms with Crippen molar-refractivity contribution in [1.29, 1.82) is 0 Å². The van der Waals surface area contributed by atoms with Crippen molar-refractivity contribution in [2.24, 2.45) is 7.05 Å². The first-order chi connectivity index (χ1) is 10.2. The zero-order valence-electron chi connectivity index (χ0n) is 11.9. The van der Waals surface area contributed by atoms with E-state index in [4.69, 9.17) is 11.6 Å². The molecule has 2 atom stereocenters. The van der Waals surface area contributed by atoms with Crippen molar-refractivity contribution in [3.63, 3.8) is 0 Å². The number of benzene rings is 1. The van der Waals surface area contributed by atoms with Crippen LogP contribution >= 0.6 is 11.6 Å². The summed E-state index contributed by atoms with van der Waals surface area (Å²) in [6.45, 7) is 0. The lowest BCUT2D eigenvalue weighted by molar-refractivity contribution is -0.121. The highest BCUT2D eigenvalue weighted by Gasteiger charge is 2.27. The van der Waals surface area contributed by atoms with E-state index in [1.54, 1.807) is 0 Å². The zero-order chi connectivity index (χ0) is 14.8. The number of rotatable bonds is 3. The Balaban J connectivity index is 1.74. The first-order valence-electron chi connectivity index (χ1n) is 7.17. The topological polar surface area (TPSA) is 46.9 Å². The van der Waals surface area contributed by atoms with E-state index in [2.05, 4.69) is 10.4 Å². The molecule has 0 radical (unpaired) electrons. The van der Waals surface area contributed by atoms with Crippen LogP contribution in [0, 0.1) is 0 Å². The molecule has 1 heterocycles. The zero-order valence-corrected chi connectivity index (χ0v) is 12.7. The lowest BCUT2D eigenvalue weighted by Gasteiger charge is -2.24. The summed E-state index contributed by atoms with van der Waals surface area (Å²) in [5.74, 6) is -0.149. The summed E-state index contributed by atoms with van der Waals surface area (Å²) in [4.78, 5) is 12.4. The van der Waals surface area contributed by atoms with Crippen LogP contribution in [0.3, 0.4) is 0 Å². The number of alkyl halides is 1. The summed E-state index contributed by atoms with van der Waals surface area (Å²) in [6.07, 6.45) is 4.85. The van der Waals surface area contributed by atoms with Crippen LogP contribution in [-0.2, 0) is 18.3 Å². The Labute approximate surface area is 129 Å². The van der Waals surface area contributed by atoms with Crippen LogP contribution < -0.4 is 5.32 Å². The van der Waals surface area contributed by atoms with Gasteiger partial charge in [0, 0.05) is 18.3 Å². The minimum atomic E-state index is -0.659. The number of aromatic nitrogens is 2. The van der Waals surface area contributed by atoms with Crippen molar-refractivity contribution < 1.29 is 4.79 Å². The van der Waals surface area contributed by atoms with E-state index in [9.17, 15) is 4.79 Å². The van der Waals surface area contributed by atoms with Gasteiger partial charge >= 0.3 is 0 Å². The highest BCUT2D eigenvalue weighted by molar-refractivity contribution is 6.30. The number of fused-ring (bicyclic) bond motifs is 1. The van der Waals surface area contributed by atoms with Crippen LogP contribution in [0.15, 0.2) is 36.5 Å². The van der Waals surface area contributed by atoms with Gasteiger partial charge in [-0.15, -0.1) is 11.6 Å². The predicted octanol–water partition coefficient (Wildman–Crippen LogP) is 2.89. The number of halogens is 1. The third-order valence-corrected chi connectivity index (χ3v) is 4.46. The van der Waals surface area contributed by atoms with Gasteiger partial charge in [0.2, 0.25) is 5.91 Å². The smallest absolute Gasteiger partial charge is 0.243 e. The molecule has 1 N–H and O–H groups in total. The molecule has 5 heteroatoms. The predicted molar refractivity (Wildman–Crippen MR) is 82.1 cm³/mol. The maximum absolute atomic E-state index is 12.4. The first kappa shape index (κ1) is 14.1.